The number of rotatable bonds is 6. The van der Waals surface area contributed by atoms with Gasteiger partial charge in [0, 0.05) is 32.1 Å². The lowest BCUT2D eigenvalue weighted by Gasteiger charge is -2.28. The van der Waals surface area contributed by atoms with Crippen LogP contribution in [0.15, 0.2) is 22.6 Å². The molecule has 2 aromatic rings. The van der Waals surface area contributed by atoms with E-state index in [0.717, 1.165) is 6.54 Å². The third-order valence-electron chi connectivity index (χ3n) is 4.68. The number of halogens is 1. The van der Waals surface area contributed by atoms with Gasteiger partial charge in [0.25, 0.3) is 0 Å². The highest BCUT2D eigenvalue weighted by atomic mass is 19.1. The second kappa shape index (κ2) is 7.91. The number of aliphatic hydroxyl groups excluding tert-OH is 1. The van der Waals surface area contributed by atoms with Crippen LogP contribution < -0.4 is 0 Å². The van der Waals surface area contributed by atoms with Gasteiger partial charge in [-0.1, -0.05) is 6.92 Å². The first-order valence-electron chi connectivity index (χ1n) is 8.62. The van der Waals surface area contributed by atoms with Gasteiger partial charge in [-0.15, -0.1) is 10.2 Å². The summed E-state index contributed by atoms with van der Waals surface area (Å²) in [6, 6.07) is 6.27. The maximum Gasteiger partial charge on any atom is 0.230 e. The molecular weight excluding hydrogens is 337 g/mol. The third-order valence-corrected chi connectivity index (χ3v) is 4.68. The summed E-state index contributed by atoms with van der Waals surface area (Å²) in [6.07, 6.45) is -0.554. The third kappa shape index (κ3) is 4.07. The number of aryl methyl sites for hydroxylation is 1. The molecule has 138 valence electrons. The maximum atomic E-state index is 14.0. The van der Waals surface area contributed by atoms with Crippen LogP contribution in [0.25, 0.3) is 0 Å². The molecule has 0 bridgehead atoms. The van der Waals surface area contributed by atoms with E-state index in [9.17, 15) is 9.50 Å². The minimum absolute atomic E-state index is 0.102. The van der Waals surface area contributed by atoms with Crippen molar-refractivity contribution in [2.45, 2.75) is 39.1 Å². The summed E-state index contributed by atoms with van der Waals surface area (Å²) in [7, 11) is 0. The number of hydrogen-bond donors (Lipinski definition) is 1. The van der Waals surface area contributed by atoms with E-state index in [0.29, 0.717) is 49.1 Å². The van der Waals surface area contributed by atoms with E-state index in [-0.39, 0.29) is 11.9 Å². The number of aromatic nitrogens is 2. The van der Waals surface area contributed by atoms with Crippen LogP contribution in [0.5, 0.6) is 0 Å². The van der Waals surface area contributed by atoms with Gasteiger partial charge in [-0.3, -0.25) is 9.80 Å². The van der Waals surface area contributed by atoms with Gasteiger partial charge in [-0.25, -0.2) is 4.39 Å². The lowest BCUT2D eigenvalue weighted by molar-refractivity contribution is 0.0760. The Labute approximate surface area is 151 Å². The zero-order valence-corrected chi connectivity index (χ0v) is 14.9. The molecule has 7 nitrogen and oxygen atoms in total. The van der Waals surface area contributed by atoms with Crippen LogP contribution in [0.1, 0.15) is 29.8 Å². The summed E-state index contributed by atoms with van der Waals surface area (Å²) in [5.41, 5.74) is 0.895. The van der Waals surface area contributed by atoms with E-state index >= 15 is 0 Å². The van der Waals surface area contributed by atoms with Crippen LogP contribution in [0, 0.1) is 24.1 Å². The van der Waals surface area contributed by atoms with Crippen LogP contribution >= 0.6 is 0 Å². The van der Waals surface area contributed by atoms with Crippen molar-refractivity contribution in [2.24, 2.45) is 0 Å². The molecular formula is C18H22FN5O2. The van der Waals surface area contributed by atoms with Crippen molar-refractivity contribution in [3.05, 3.63) is 46.9 Å². The van der Waals surface area contributed by atoms with E-state index in [1.807, 2.05) is 17.9 Å². The number of hydrogen-bond acceptors (Lipinski definition) is 7. The molecule has 1 aromatic heterocycles. The largest absolute Gasteiger partial charge is 0.424 e. The number of β-amino-alcohol motifs (C(OH)–C–C–N with tert-alkyl or cyclic N) is 1. The molecule has 2 heterocycles. The molecule has 0 unspecified atom stereocenters. The van der Waals surface area contributed by atoms with Crippen molar-refractivity contribution in [3.8, 4) is 6.07 Å². The predicted octanol–water partition coefficient (Wildman–Crippen LogP) is 1.46. The summed E-state index contributed by atoms with van der Waals surface area (Å²) in [6.45, 7) is 6.32. The zero-order chi connectivity index (χ0) is 18.7. The van der Waals surface area contributed by atoms with Crippen LogP contribution in [-0.2, 0) is 13.1 Å². The smallest absolute Gasteiger partial charge is 0.230 e. The highest BCUT2D eigenvalue weighted by molar-refractivity contribution is 5.33. The monoisotopic (exact) mass is 359 g/mol. The number of nitriles is 1. The van der Waals surface area contributed by atoms with Gasteiger partial charge >= 0.3 is 0 Å². The Morgan fingerprint density at radius 3 is 2.88 bits per heavy atom. The van der Waals surface area contributed by atoms with Gasteiger partial charge < -0.3 is 9.52 Å². The number of likely N-dealkylation sites (N-methyl/N-ethyl adjacent to an activating group) is 1. The summed E-state index contributed by atoms with van der Waals surface area (Å²) >= 11 is 0. The Hall–Kier alpha value is -2.34. The first-order chi connectivity index (χ1) is 12.5. The van der Waals surface area contributed by atoms with Crippen LogP contribution in [0.4, 0.5) is 4.39 Å². The summed E-state index contributed by atoms with van der Waals surface area (Å²) < 4.78 is 19.5. The Morgan fingerprint density at radius 1 is 1.42 bits per heavy atom. The lowest BCUT2D eigenvalue weighted by Crippen LogP contribution is -2.42. The summed E-state index contributed by atoms with van der Waals surface area (Å²) in [5.74, 6) is 0.691. The second-order valence-corrected chi connectivity index (χ2v) is 6.52. The Bertz CT molecular complexity index is 803. The molecule has 0 spiro atoms. The molecule has 1 aliphatic heterocycles. The van der Waals surface area contributed by atoms with Crippen LogP contribution in [0.2, 0.25) is 0 Å². The number of aliphatic hydroxyl groups is 1. The van der Waals surface area contributed by atoms with Gasteiger partial charge in [0.05, 0.1) is 30.3 Å². The highest BCUT2D eigenvalue weighted by Gasteiger charge is 2.35. The molecule has 1 aliphatic rings. The lowest BCUT2D eigenvalue weighted by atomic mass is 10.1. The van der Waals surface area contributed by atoms with Crippen LogP contribution in [0.3, 0.4) is 0 Å². The minimum atomic E-state index is -0.554. The molecule has 1 fully saturated rings. The van der Waals surface area contributed by atoms with Gasteiger partial charge in [0.1, 0.15) is 5.82 Å². The molecule has 0 amide bonds. The van der Waals surface area contributed by atoms with Gasteiger partial charge in [-0.2, -0.15) is 5.26 Å². The Balaban J connectivity index is 1.67. The molecule has 1 N–H and O–H groups in total. The molecule has 3 rings (SSSR count). The van der Waals surface area contributed by atoms with Gasteiger partial charge in [0.2, 0.25) is 11.8 Å². The Kier molecular flexibility index (Phi) is 5.61. The van der Waals surface area contributed by atoms with E-state index in [1.54, 1.807) is 13.0 Å². The fraction of sp³-hybridized carbons (Fsp3) is 0.500. The molecule has 8 heteroatoms. The van der Waals surface area contributed by atoms with Crippen molar-refractivity contribution >= 4 is 0 Å². The average Bonchev–Trinajstić information content (AvgIpc) is 3.20. The predicted molar refractivity (Wildman–Crippen MR) is 91.3 cm³/mol. The van der Waals surface area contributed by atoms with Crippen molar-refractivity contribution in [3.63, 3.8) is 0 Å². The molecule has 26 heavy (non-hydrogen) atoms. The van der Waals surface area contributed by atoms with Crippen LogP contribution in [-0.4, -0.2) is 56.9 Å². The average molecular weight is 359 g/mol. The number of nitrogens with zero attached hydrogens (tertiary/aromatic N) is 5. The topological polar surface area (TPSA) is 89.4 Å². The highest BCUT2D eigenvalue weighted by Crippen LogP contribution is 2.22. The van der Waals surface area contributed by atoms with Gasteiger partial charge in [0.15, 0.2) is 0 Å². The second-order valence-electron chi connectivity index (χ2n) is 6.52. The van der Waals surface area contributed by atoms with E-state index in [4.69, 9.17) is 9.68 Å². The number of likely N-dealkylation sites (tertiary alicyclic amines) is 1. The summed E-state index contributed by atoms with van der Waals surface area (Å²) in [4.78, 5) is 4.08. The molecule has 1 saturated heterocycles. The number of benzene rings is 1. The van der Waals surface area contributed by atoms with E-state index in [2.05, 4.69) is 15.1 Å². The fourth-order valence-electron chi connectivity index (χ4n) is 3.38. The normalized spacial score (nSPS) is 20.6. The molecule has 0 aliphatic carbocycles. The van der Waals surface area contributed by atoms with Crippen molar-refractivity contribution < 1.29 is 13.9 Å². The van der Waals surface area contributed by atoms with Crippen molar-refractivity contribution in [1.82, 2.24) is 20.0 Å². The first-order valence-corrected chi connectivity index (χ1v) is 8.62. The fourth-order valence-corrected chi connectivity index (χ4v) is 3.38. The van der Waals surface area contributed by atoms with Crippen molar-refractivity contribution in [1.29, 1.82) is 5.26 Å². The Morgan fingerprint density at radius 2 is 2.23 bits per heavy atom. The van der Waals surface area contributed by atoms with Gasteiger partial charge in [-0.05, 0) is 24.7 Å². The molecule has 0 saturated carbocycles. The quantitative estimate of drug-likeness (QED) is 0.835. The minimum Gasteiger partial charge on any atom is -0.424 e. The van der Waals surface area contributed by atoms with E-state index in [1.165, 1.54) is 12.1 Å². The van der Waals surface area contributed by atoms with E-state index < -0.39 is 6.10 Å². The molecule has 2 atom stereocenters. The maximum absolute atomic E-state index is 14.0. The molecule has 0 radical (unpaired) electrons. The first kappa shape index (κ1) is 18.5. The SMILES string of the molecule is CCN(Cc1nnc(C)o1)[C@@H]1CN(Cc2cc(C#N)ccc2F)C[C@H]1O. The standard InChI is InChI=1S/C18H22FN5O2/c1-3-24(11-18-22-21-12(2)26-18)16-9-23(10-17(16)25)8-14-6-13(7-20)4-5-15(14)19/h4-6,16-17,25H,3,8-11H2,1-2H3/t16-,17-/m1/s1. The zero-order valence-electron chi connectivity index (χ0n) is 14.9. The molecule has 1 aromatic carbocycles. The summed E-state index contributed by atoms with van der Waals surface area (Å²) in [5, 5.41) is 27.3. The van der Waals surface area contributed by atoms with Crippen molar-refractivity contribution in [2.75, 3.05) is 19.6 Å².